The molecule has 1 rings (SSSR count). The lowest BCUT2D eigenvalue weighted by atomic mass is 10.0. The zero-order valence-corrected chi connectivity index (χ0v) is 10.9. The minimum absolute atomic E-state index is 0.0120. The van der Waals surface area contributed by atoms with Crippen molar-refractivity contribution in [1.29, 1.82) is 5.26 Å². The largest absolute Gasteiger partial charge is 0.344 e. The van der Waals surface area contributed by atoms with E-state index < -0.39 is 0 Å². The quantitative estimate of drug-likeness (QED) is 0.850. The van der Waals surface area contributed by atoms with Gasteiger partial charge in [0, 0.05) is 20.1 Å². The number of carbonyl (C=O) groups excluding carboxylic acids is 1. The van der Waals surface area contributed by atoms with E-state index in [4.69, 9.17) is 11.0 Å². The van der Waals surface area contributed by atoms with Gasteiger partial charge in [-0.3, -0.25) is 4.79 Å². The highest BCUT2D eigenvalue weighted by Gasteiger charge is 2.13. The number of likely N-dealkylation sites (N-methyl/N-ethyl adjacent to an activating group) is 1. The van der Waals surface area contributed by atoms with E-state index in [9.17, 15) is 4.79 Å². The Morgan fingerprint density at radius 2 is 2.06 bits per heavy atom. The lowest BCUT2D eigenvalue weighted by Gasteiger charge is -2.19. The summed E-state index contributed by atoms with van der Waals surface area (Å²) in [6, 6.07) is 9.79. The predicted molar refractivity (Wildman–Crippen MR) is 70.5 cm³/mol. The second-order valence-electron chi connectivity index (χ2n) is 4.45. The monoisotopic (exact) mass is 245 g/mol. The molecule has 1 aromatic carbocycles. The summed E-state index contributed by atoms with van der Waals surface area (Å²) in [6.07, 6.45) is 0.335. The molecule has 0 aromatic heterocycles. The van der Waals surface area contributed by atoms with E-state index in [1.165, 1.54) is 0 Å². The van der Waals surface area contributed by atoms with Gasteiger partial charge in [-0.05, 0) is 18.1 Å². The summed E-state index contributed by atoms with van der Waals surface area (Å²) in [5, 5.41) is 8.73. The molecule has 0 aliphatic rings. The molecule has 0 radical (unpaired) electrons. The molecule has 0 saturated carbocycles. The van der Waals surface area contributed by atoms with Gasteiger partial charge >= 0.3 is 0 Å². The summed E-state index contributed by atoms with van der Waals surface area (Å²) in [4.78, 5) is 13.6. The van der Waals surface area contributed by atoms with Crippen LogP contribution in [0.5, 0.6) is 0 Å². The fraction of sp³-hybridized carbons (Fsp3) is 0.429. The first-order valence-electron chi connectivity index (χ1n) is 5.99. The first-order chi connectivity index (χ1) is 8.58. The van der Waals surface area contributed by atoms with Crippen LogP contribution in [0.25, 0.3) is 0 Å². The molecule has 1 aromatic rings. The zero-order valence-electron chi connectivity index (χ0n) is 10.9. The van der Waals surface area contributed by atoms with Crippen LogP contribution >= 0.6 is 0 Å². The minimum Gasteiger partial charge on any atom is -0.344 e. The van der Waals surface area contributed by atoms with E-state index in [-0.39, 0.29) is 11.8 Å². The maximum absolute atomic E-state index is 12.0. The minimum atomic E-state index is -0.149. The maximum Gasteiger partial charge on any atom is 0.226 e. The van der Waals surface area contributed by atoms with E-state index in [0.717, 1.165) is 11.1 Å². The highest BCUT2D eigenvalue weighted by Crippen LogP contribution is 2.10. The van der Waals surface area contributed by atoms with Crippen molar-refractivity contribution in [1.82, 2.24) is 4.90 Å². The number of nitrogens with two attached hydrogens (primary N) is 1. The Balaban J connectivity index is 2.67. The number of rotatable bonds is 5. The molecule has 2 N–H and O–H groups in total. The lowest BCUT2D eigenvalue weighted by molar-refractivity contribution is -0.129. The van der Waals surface area contributed by atoms with Crippen molar-refractivity contribution in [2.45, 2.75) is 19.9 Å². The van der Waals surface area contributed by atoms with Gasteiger partial charge in [0.1, 0.15) is 0 Å². The Hall–Kier alpha value is -1.86. The third-order valence-electron chi connectivity index (χ3n) is 2.87. The Bertz CT molecular complexity index is 451. The average molecular weight is 245 g/mol. The van der Waals surface area contributed by atoms with Gasteiger partial charge in [-0.2, -0.15) is 5.26 Å². The summed E-state index contributed by atoms with van der Waals surface area (Å²) in [6.45, 7) is 2.69. The van der Waals surface area contributed by atoms with E-state index in [0.29, 0.717) is 19.5 Å². The van der Waals surface area contributed by atoms with Crippen molar-refractivity contribution in [2.24, 2.45) is 11.7 Å². The second kappa shape index (κ2) is 6.77. The number of nitrogens with zero attached hydrogens (tertiary/aromatic N) is 2. The first kappa shape index (κ1) is 14.2. The normalized spacial score (nSPS) is 11.7. The molecule has 0 heterocycles. The highest BCUT2D eigenvalue weighted by atomic mass is 16.2. The van der Waals surface area contributed by atoms with Crippen LogP contribution in [0.15, 0.2) is 24.3 Å². The smallest absolute Gasteiger partial charge is 0.226 e. The van der Waals surface area contributed by atoms with Crippen molar-refractivity contribution in [3.63, 3.8) is 0 Å². The average Bonchev–Trinajstić information content (AvgIpc) is 2.39. The van der Waals surface area contributed by atoms with E-state index in [1.807, 2.05) is 24.3 Å². The molecule has 1 atom stereocenters. The lowest BCUT2D eigenvalue weighted by Crippen LogP contribution is -2.32. The molecule has 0 spiro atoms. The third-order valence-corrected chi connectivity index (χ3v) is 2.87. The van der Waals surface area contributed by atoms with Crippen LogP contribution in [0.4, 0.5) is 0 Å². The zero-order chi connectivity index (χ0) is 13.5. The summed E-state index contributed by atoms with van der Waals surface area (Å²) >= 11 is 0. The van der Waals surface area contributed by atoms with Crippen LogP contribution in [-0.4, -0.2) is 24.4 Å². The Labute approximate surface area is 108 Å². The second-order valence-corrected chi connectivity index (χ2v) is 4.45. The van der Waals surface area contributed by atoms with E-state index in [2.05, 4.69) is 6.07 Å². The number of amides is 1. The number of hydrogen-bond donors (Lipinski definition) is 1. The molecule has 18 heavy (non-hydrogen) atoms. The summed E-state index contributed by atoms with van der Waals surface area (Å²) < 4.78 is 0. The van der Waals surface area contributed by atoms with Gasteiger partial charge in [0.2, 0.25) is 5.91 Å². The van der Waals surface area contributed by atoms with Crippen molar-refractivity contribution in [3.8, 4) is 6.07 Å². The summed E-state index contributed by atoms with van der Waals surface area (Å²) in [5.74, 6) is -0.137. The number of nitriles is 1. The molecule has 0 bridgehead atoms. The van der Waals surface area contributed by atoms with E-state index >= 15 is 0 Å². The third kappa shape index (κ3) is 3.86. The molecular weight excluding hydrogens is 226 g/mol. The van der Waals surface area contributed by atoms with Crippen LogP contribution in [0.1, 0.15) is 18.1 Å². The van der Waals surface area contributed by atoms with Gasteiger partial charge in [0.05, 0.1) is 18.4 Å². The highest BCUT2D eigenvalue weighted by molar-refractivity contribution is 5.78. The summed E-state index contributed by atoms with van der Waals surface area (Å²) in [5.41, 5.74) is 7.59. The maximum atomic E-state index is 12.0. The van der Waals surface area contributed by atoms with Gasteiger partial charge in [-0.25, -0.2) is 0 Å². The van der Waals surface area contributed by atoms with Crippen molar-refractivity contribution in [2.75, 3.05) is 13.6 Å². The van der Waals surface area contributed by atoms with Crippen molar-refractivity contribution in [3.05, 3.63) is 35.4 Å². The molecule has 4 heteroatoms. The molecule has 96 valence electrons. The predicted octanol–water partition coefficient (Wildman–Crippen LogP) is 1.31. The van der Waals surface area contributed by atoms with Gasteiger partial charge in [0.15, 0.2) is 0 Å². The fourth-order valence-electron chi connectivity index (χ4n) is 1.78. The Morgan fingerprint density at radius 1 is 1.44 bits per heavy atom. The standard InChI is InChI=1S/C14H19N3O/c1-11(8-15)10-17(2)14(18)7-12-5-3-4-6-13(12)9-16/h3-6,11H,7,9-10,16H2,1-2H3. The van der Waals surface area contributed by atoms with Crippen LogP contribution < -0.4 is 5.73 Å². The first-order valence-corrected chi connectivity index (χ1v) is 5.99. The molecule has 1 unspecified atom stereocenters. The van der Waals surface area contributed by atoms with Gasteiger partial charge in [0.25, 0.3) is 0 Å². The molecule has 4 nitrogen and oxygen atoms in total. The van der Waals surface area contributed by atoms with Crippen LogP contribution in [0, 0.1) is 17.2 Å². The molecule has 0 aliphatic heterocycles. The number of hydrogen-bond acceptors (Lipinski definition) is 3. The van der Waals surface area contributed by atoms with Gasteiger partial charge in [-0.15, -0.1) is 0 Å². The molecule has 0 fully saturated rings. The Kier molecular flexibility index (Phi) is 5.34. The van der Waals surface area contributed by atoms with Gasteiger partial charge in [-0.1, -0.05) is 24.3 Å². The Morgan fingerprint density at radius 3 is 2.61 bits per heavy atom. The van der Waals surface area contributed by atoms with Crippen LogP contribution in [-0.2, 0) is 17.8 Å². The van der Waals surface area contributed by atoms with Crippen molar-refractivity contribution < 1.29 is 4.79 Å². The van der Waals surface area contributed by atoms with E-state index in [1.54, 1.807) is 18.9 Å². The van der Waals surface area contributed by atoms with Crippen molar-refractivity contribution >= 4 is 5.91 Å². The van der Waals surface area contributed by atoms with Crippen LogP contribution in [0.2, 0.25) is 0 Å². The number of benzene rings is 1. The molecule has 0 aliphatic carbocycles. The molecular formula is C14H19N3O. The molecule has 0 saturated heterocycles. The summed E-state index contributed by atoms with van der Waals surface area (Å²) in [7, 11) is 1.72. The SMILES string of the molecule is CC(C#N)CN(C)C(=O)Cc1ccccc1CN. The number of carbonyl (C=O) groups is 1. The topological polar surface area (TPSA) is 70.1 Å². The molecule has 1 amide bonds. The van der Waals surface area contributed by atoms with Gasteiger partial charge < -0.3 is 10.6 Å². The van der Waals surface area contributed by atoms with Crippen LogP contribution in [0.3, 0.4) is 0 Å². The fourth-order valence-corrected chi connectivity index (χ4v) is 1.78.